The Kier molecular flexibility index (Phi) is 9.66. The second-order valence-corrected chi connectivity index (χ2v) is 8.64. The standard InChI is InChI=1S/C25H40N4O2/c1-3-26-25(28-17-15-23(31-4-2)20-10-5-6-11-20)27-16-9-14-24(30)29-18-21-12-7-8-13-22(21)19-29/h7-8,12-13,20,23H,3-6,9-11,14-19H2,1-2H3,(H2,26,27,28). The maximum Gasteiger partial charge on any atom is 0.223 e. The fourth-order valence-corrected chi connectivity index (χ4v) is 4.76. The van der Waals surface area contributed by atoms with Crippen molar-refractivity contribution in [1.29, 1.82) is 0 Å². The first-order chi connectivity index (χ1) is 15.2. The third-order valence-corrected chi connectivity index (χ3v) is 6.38. The summed E-state index contributed by atoms with van der Waals surface area (Å²) in [5.74, 6) is 1.77. The fourth-order valence-electron chi connectivity index (χ4n) is 4.76. The molecule has 1 fully saturated rings. The number of nitrogens with zero attached hydrogens (tertiary/aromatic N) is 2. The van der Waals surface area contributed by atoms with Crippen molar-refractivity contribution in [2.24, 2.45) is 10.9 Å². The Bertz CT molecular complexity index is 690. The van der Waals surface area contributed by atoms with Gasteiger partial charge in [-0.1, -0.05) is 37.1 Å². The molecule has 1 unspecified atom stereocenters. The van der Waals surface area contributed by atoms with Gasteiger partial charge in [-0.2, -0.15) is 0 Å². The first kappa shape index (κ1) is 23.6. The highest BCUT2D eigenvalue weighted by atomic mass is 16.5. The minimum Gasteiger partial charge on any atom is -0.378 e. The predicted molar refractivity (Wildman–Crippen MR) is 126 cm³/mol. The predicted octanol–water partition coefficient (Wildman–Crippen LogP) is 3.85. The van der Waals surface area contributed by atoms with Gasteiger partial charge < -0.3 is 20.3 Å². The number of rotatable bonds is 11. The molecule has 0 radical (unpaired) electrons. The van der Waals surface area contributed by atoms with Crippen LogP contribution in [0, 0.1) is 5.92 Å². The molecule has 1 saturated carbocycles. The second kappa shape index (κ2) is 12.7. The van der Waals surface area contributed by atoms with Crippen molar-refractivity contribution >= 4 is 11.9 Å². The lowest BCUT2D eigenvalue weighted by atomic mass is 9.98. The minimum absolute atomic E-state index is 0.223. The van der Waals surface area contributed by atoms with Crippen LogP contribution >= 0.6 is 0 Å². The summed E-state index contributed by atoms with van der Waals surface area (Å²) in [5.41, 5.74) is 2.55. The minimum atomic E-state index is 0.223. The summed E-state index contributed by atoms with van der Waals surface area (Å²) in [6.45, 7) is 8.77. The summed E-state index contributed by atoms with van der Waals surface area (Å²) >= 11 is 0. The summed E-state index contributed by atoms with van der Waals surface area (Å²) in [7, 11) is 0. The van der Waals surface area contributed by atoms with Crippen LogP contribution in [-0.4, -0.2) is 49.1 Å². The van der Waals surface area contributed by atoms with Gasteiger partial charge in [0.2, 0.25) is 5.91 Å². The lowest BCUT2D eigenvalue weighted by Crippen LogP contribution is -2.39. The van der Waals surface area contributed by atoms with Crippen molar-refractivity contribution in [3.8, 4) is 0 Å². The van der Waals surface area contributed by atoms with Gasteiger partial charge in [0.25, 0.3) is 0 Å². The molecule has 0 saturated heterocycles. The van der Waals surface area contributed by atoms with Crippen LogP contribution in [0.25, 0.3) is 0 Å². The highest BCUT2D eigenvalue weighted by Gasteiger charge is 2.25. The van der Waals surface area contributed by atoms with E-state index in [9.17, 15) is 4.79 Å². The molecule has 31 heavy (non-hydrogen) atoms. The molecule has 1 aromatic rings. The highest BCUT2D eigenvalue weighted by Crippen LogP contribution is 2.30. The Balaban J connectivity index is 1.37. The number of guanidine groups is 1. The average molecular weight is 429 g/mol. The fraction of sp³-hybridized carbons (Fsp3) is 0.680. The van der Waals surface area contributed by atoms with Gasteiger partial charge in [0.1, 0.15) is 0 Å². The molecule has 172 valence electrons. The van der Waals surface area contributed by atoms with Gasteiger partial charge in [-0.15, -0.1) is 0 Å². The van der Waals surface area contributed by atoms with E-state index in [2.05, 4.69) is 41.6 Å². The topological polar surface area (TPSA) is 66.0 Å². The number of fused-ring (bicyclic) bond motifs is 1. The van der Waals surface area contributed by atoms with Crippen molar-refractivity contribution in [2.75, 3.05) is 26.2 Å². The van der Waals surface area contributed by atoms with Crippen molar-refractivity contribution < 1.29 is 9.53 Å². The summed E-state index contributed by atoms with van der Waals surface area (Å²) in [4.78, 5) is 19.2. The van der Waals surface area contributed by atoms with E-state index in [1.54, 1.807) is 0 Å². The molecule has 1 amide bonds. The van der Waals surface area contributed by atoms with Crippen molar-refractivity contribution in [3.63, 3.8) is 0 Å². The van der Waals surface area contributed by atoms with E-state index < -0.39 is 0 Å². The number of aliphatic imine (C=N–C) groups is 1. The first-order valence-corrected chi connectivity index (χ1v) is 12.2. The lowest BCUT2D eigenvalue weighted by molar-refractivity contribution is -0.131. The van der Waals surface area contributed by atoms with Crippen molar-refractivity contribution in [2.45, 2.75) is 78.0 Å². The summed E-state index contributed by atoms with van der Waals surface area (Å²) in [6, 6.07) is 8.32. The van der Waals surface area contributed by atoms with Gasteiger partial charge in [-0.05, 0) is 56.6 Å². The Morgan fingerprint density at radius 2 is 1.87 bits per heavy atom. The molecule has 1 aliphatic carbocycles. The molecule has 1 atom stereocenters. The highest BCUT2D eigenvalue weighted by molar-refractivity contribution is 5.80. The first-order valence-electron chi connectivity index (χ1n) is 12.2. The Labute approximate surface area is 187 Å². The summed E-state index contributed by atoms with van der Waals surface area (Å²) in [6.07, 6.45) is 7.96. The molecule has 1 aliphatic heterocycles. The van der Waals surface area contributed by atoms with Crippen molar-refractivity contribution in [3.05, 3.63) is 35.4 Å². The lowest BCUT2D eigenvalue weighted by Gasteiger charge is -2.24. The zero-order chi connectivity index (χ0) is 21.9. The molecule has 6 nitrogen and oxygen atoms in total. The largest absolute Gasteiger partial charge is 0.378 e. The summed E-state index contributed by atoms with van der Waals surface area (Å²) in [5, 5.41) is 6.77. The molecule has 1 aromatic carbocycles. The third kappa shape index (κ3) is 7.23. The van der Waals surface area contributed by atoms with Crippen LogP contribution in [0.3, 0.4) is 0 Å². The van der Waals surface area contributed by atoms with Crippen LogP contribution in [0.15, 0.2) is 29.3 Å². The van der Waals surface area contributed by atoms with Gasteiger partial charge in [0, 0.05) is 45.8 Å². The van der Waals surface area contributed by atoms with Gasteiger partial charge in [-0.3, -0.25) is 9.79 Å². The zero-order valence-electron chi connectivity index (χ0n) is 19.4. The molecule has 0 aromatic heterocycles. The number of ether oxygens (including phenoxy) is 1. The number of hydrogen-bond acceptors (Lipinski definition) is 3. The molecule has 2 N–H and O–H groups in total. The number of benzene rings is 1. The maximum absolute atomic E-state index is 12.6. The van der Waals surface area contributed by atoms with Crippen LogP contribution in [-0.2, 0) is 22.6 Å². The molecule has 1 heterocycles. The van der Waals surface area contributed by atoms with Gasteiger partial charge >= 0.3 is 0 Å². The van der Waals surface area contributed by atoms with Crippen LogP contribution < -0.4 is 10.6 Å². The zero-order valence-corrected chi connectivity index (χ0v) is 19.4. The van der Waals surface area contributed by atoms with Crippen molar-refractivity contribution in [1.82, 2.24) is 15.5 Å². The van der Waals surface area contributed by atoms with E-state index in [1.807, 2.05) is 17.0 Å². The molecule has 0 spiro atoms. The number of amides is 1. The number of hydrogen-bond donors (Lipinski definition) is 2. The number of carbonyl (C=O) groups excluding carboxylic acids is 1. The molecule has 3 rings (SSSR count). The Hall–Kier alpha value is -2.08. The maximum atomic E-state index is 12.6. The number of nitrogens with one attached hydrogen (secondary N) is 2. The van der Waals surface area contributed by atoms with E-state index in [0.29, 0.717) is 25.0 Å². The third-order valence-electron chi connectivity index (χ3n) is 6.38. The Morgan fingerprint density at radius 3 is 2.52 bits per heavy atom. The normalized spacial score (nSPS) is 17.6. The molecular formula is C25H40N4O2. The van der Waals surface area contributed by atoms with E-state index in [4.69, 9.17) is 4.74 Å². The molecule has 2 aliphatic rings. The van der Waals surface area contributed by atoms with Crippen LogP contribution in [0.4, 0.5) is 0 Å². The van der Waals surface area contributed by atoms with Crippen LogP contribution in [0.2, 0.25) is 0 Å². The van der Waals surface area contributed by atoms with E-state index in [0.717, 1.165) is 51.6 Å². The average Bonchev–Trinajstić information content (AvgIpc) is 3.46. The van der Waals surface area contributed by atoms with Gasteiger partial charge in [-0.25, -0.2) is 0 Å². The monoisotopic (exact) mass is 428 g/mol. The van der Waals surface area contributed by atoms with E-state index in [-0.39, 0.29) is 5.91 Å². The number of carbonyl (C=O) groups is 1. The van der Waals surface area contributed by atoms with E-state index in [1.165, 1.54) is 36.8 Å². The van der Waals surface area contributed by atoms with Crippen LogP contribution in [0.5, 0.6) is 0 Å². The van der Waals surface area contributed by atoms with Crippen LogP contribution in [0.1, 0.15) is 69.9 Å². The second-order valence-electron chi connectivity index (χ2n) is 8.64. The Morgan fingerprint density at radius 1 is 1.16 bits per heavy atom. The van der Waals surface area contributed by atoms with Gasteiger partial charge in [0.15, 0.2) is 5.96 Å². The summed E-state index contributed by atoms with van der Waals surface area (Å²) < 4.78 is 6.02. The van der Waals surface area contributed by atoms with Gasteiger partial charge in [0.05, 0.1) is 6.10 Å². The SMILES string of the molecule is CCNC(=NCCCC(=O)N1Cc2ccccc2C1)NCCC(OCC)C1CCCC1. The molecule has 0 bridgehead atoms. The van der Waals surface area contributed by atoms with E-state index >= 15 is 0 Å². The molecule has 6 heteroatoms. The quantitative estimate of drug-likeness (QED) is 0.319. The smallest absolute Gasteiger partial charge is 0.223 e. The molecular weight excluding hydrogens is 388 g/mol.